The van der Waals surface area contributed by atoms with Gasteiger partial charge in [-0.25, -0.2) is 0 Å². The van der Waals surface area contributed by atoms with Crippen molar-refractivity contribution in [1.29, 1.82) is 0 Å². The van der Waals surface area contributed by atoms with Crippen molar-refractivity contribution in [3.8, 4) is 17.2 Å². The summed E-state index contributed by atoms with van der Waals surface area (Å²) in [6.45, 7) is 0.356. The van der Waals surface area contributed by atoms with E-state index in [0.717, 1.165) is 5.56 Å². The number of aromatic nitrogens is 1. The first-order chi connectivity index (χ1) is 15.0. The number of amides is 2. The van der Waals surface area contributed by atoms with Gasteiger partial charge in [-0.3, -0.25) is 14.6 Å². The van der Waals surface area contributed by atoms with Gasteiger partial charge in [-0.05, 0) is 42.0 Å². The van der Waals surface area contributed by atoms with Crippen LogP contribution in [0.2, 0.25) is 0 Å². The van der Waals surface area contributed by atoms with E-state index in [0.29, 0.717) is 40.6 Å². The molecule has 2 amide bonds. The maximum absolute atomic E-state index is 12.7. The molecule has 0 unspecified atom stereocenters. The first-order valence-electron chi connectivity index (χ1n) is 9.44. The van der Waals surface area contributed by atoms with E-state index in [-0.39, 0.29) is 11.8 Å². The molecule has 2 aromatic carbocycles. The number of rotatable bonds is 8. The number of hydrogen-bond acceptors (Lipinski definition) is 6. The molecule has 0 aliphatic rings. The average Bonchev–Trinajstić information content (AvgIpc) is 2.82. The number of anilines is 1. The van der Waals surface area contributed by atoms with Gasteiger partial charge >= 0.3 is 0 Å². The number of pyridine rings is 1. The molecule has 0 fully saturated rings. The van der Waals surface area contributed by atoms with Gasteiger partial charge in [0.15, 0.2) is 11.5 Å². The van der Waals surface area contributed by atoms with Gasteiger partial charge in [0.2, 0.25) is 5.75 Å². The Balaban J connectivity index is 1.64. The summed E-state index contributed by atoms with van der Waals surface area (Å²) in [5.74, 6) is 0.683. The molecular formula is C23H23N3O5. The van der Waals surface area contributed by atoms with E-state index < -0.39 is 0 Å². The highest BCUT2D eigenvalue weighted by molar-refractivity contribution is 6.05. The smallest absolute Gasteiger partial charge is 0.255 e. The Morgan fingerprint density at radius 2 is 1.55 bits per heavy atom. The third-order valence-electron chi connectivity index (χ3n) is 4.52. The Morgan fingerprint density at radius 3 is 2.10 bits per heavy atom. The average molecular weight is 421 g/mol. The van der Waals surface area contributed by atoms with Gasteiger partial charge in [-0.15, -0.1) is 0 Å². The number of carbonyl (C=O) groups is 2. The van der Waals surface area contributed by atoms with Crippen LogP contribution >= 0.6 is 0 Å². The van der Waals surface area contributed by atoms with Gasteiger partial charge < -0.3 is 24.8 Å². The largest absolute Gasteiger partial charge is 0.493 e. The van der Waals surface area contributed by atoms with Crippen molar-refractivity contribution in [2.75, 3.05) is 26.6 Å². The monoisotopic (exact) mass is 421 g/mol. The van der Waals surface area contributed by atoms with E-state index in [1.54, 1.807) is 42.6 Å². The van der Waals surface area contributed by atoms with E-state index in [2.05, 4.69) is 15.6 Å². The van der Waals surface area contributed by atoms with Crippen molar-refractivity contribution in [3.05, 3.63) is 77.6 Å². The lowest BCUT2D eigenvalue weighted by atomic mass is 10.1. The SMILES string of the molecule is COc1cc(C(=O)Nc2ccc(CNC(=O)c3cccnc3)cc2)cc(OC)c1OC. The van der Waals surface area contributed by atoms with Crippen molar-refractivity contribution >= 4 is 17.5 Å². The van der Waals surface area contributed by atoms with E-state index in [9.17, 15) is 9.59 Å². The first kappa shape index (κ1) is 21.6. The Hall–Kier alpha value is -4.07. The second-order valence-electron chi connectivity index (χ2n) is 6.49. The van der Waals surface area contributed by atoms with Crippen LogP contribution in [0.3, 0.4) is 0 Å². The van der Waals surface area contributed by atoms with Gasteiger partial charge in [-0.2, -0.15) is 0 Å². The van der Waals surface area contributed by atoms with Gasteiger partial charge in [0.25, 0.3) is 11.8 Å². The molecule has 8 nitrogen and oxygen atoms in total. The molecule has 0 radical (unpaired) electrons. The fraction of sp³-hybridized carbons (Fsp3) is 0.174. The number of carbonyl (C=O) groups excluding carboxylic acids is 2. The maximum Gasteiger partial charge on any atom is 0.255 e. The molecule has 0 atom stereocenters. The summed E-state index contributed by atoms with van der Waals surface area (Å²) < 4.78 is 15.9. The molecule has 31 heavy (non-hydrogen) atoms. The highest BCUT2D eigenvalue weighted by atomic mass is 16.5. The second-order valence-corrected chi connectivity index (χ2v) is 6.49. The van der Waals surface area contributed by atoms with E-state index in [1.807, 2.05) is 12.1 Å². The number of ether oxygens (including phenoxy) is 3. The fourth-order valence-corrected chi connectivity index (χ4v) is 2.90. The topological polar surface area (TPSA) is 98.8 Å². The standard InChI is InChI=1S/C23H23N3O5/c1-29-19-11-17(12-20(30-2)21(19)31-3)23(28)26-18-8-6-15(7-9-18)13-25-22(27)16-5-4-10-24-14-16/h4-12,14H,13H2,1-3H3,(H,25,27)(H,26,28). The molecule has 0 spiro atoms. The van der Waals surface area contributed by atoms with Gasteiger partial charge in [-0.1, -0.05) is 12.1 Å². The molecule has 2 N–H and O–H groups in total. The summed E-state index contributed by atoms with van der Waals surface area (Å²) in [7, 11) is 4.48. The van der Waals surface area contributed by atoms with Crippen LogP contribution in [0.25, 0.3) is 0 Å². The second kappa shape index (κ2) is 10.1. The minimum Gasteiger partial charge on any atom is -0.493 e. The van der Waals surface area contributed by atoms with Gasteiger partial charge in [0, 0.05) is 30.2 Å². The first-order valence-corrected chi connectivity index (χ1v) is 9.44. The molecule has 0 aliphatic heterocycles. The zero-order valence-electron chi connectivity index (χ0n) is 17.5. The van der Waals surface area contributed by atoms with Crippen molar-refractivity contribution in [1.82, 2.24) is 10.3 Å². The number of nitrogens with one attached hydrogen (secondary N) is 2. The Labute approximate surface area is 180 Å². The Bertz CT molecular complexity index is 1030. The van der Waals surface area contributed by atoms with Crippen LogP contribution in [0.4, 0.5) is 5.69 Å². The lowest BCUT2D eigenvalue weighted by Crippen LogP contribution is -2.22. The third kappa shape index (κ3) is 5.30. The summed E-state index contributed by atoms with van der Waals surface area (Å²) in [6.07, 6.45) is 3.12. The minimum atomic E-state index is -0.322. The van der Waals surface area contributed by atoms with Crippen LogP contribution in [0.15, 0.2) is 60.9 Å². The summed E-state index contributed by atoms with van der Waals surface area (Å²) in [4.78, 5) is 28.7. The fourth-order valence-electron chi connectivity index (χ4n) is 2.90. The van der Waals surface area contributed by atoms with Crippen molar-refractivity contribution < 1.29 is 23.8 Å². The van der Waals surface area contributed by atoms with E-state index in [4.69, 9.17) is 14.2 Å². The molecule has 0 bridgehead atoms. The van der Waals surface area contributed by atoms with Crippen LogP contribution in [0.1, 0.15) is 26.3 Å². The maximum atomic E-state index is 12.7. The van der Waals surface area contributed by atoms with E-state index >= 15 is 0 Å². The molecule has 0 saturated heterocycles. The summed E-state index contributed by atoms with van der Waals surface area (Å²) in [5.41, 5.74) is 2.36. The van der Waals surface area contributed by atoms with Crippen LogP contribution < -0.4 is 24.8 Å². The third-order valence-corrected chi connectivity index (χ3v) is 4.52. The summed E-state index contributed by atoms with van der Waals surface area (Å²) >= 11 is 0. The minimum absolute atomic E-state index is 0.201. The van der Waals surface area contributed by atoms with Crippen LogP contribution in [0.5, 0.6) is 17.2 Å². The number of nitrogens with zero attached hydrogens (tertiary/aromatic N) is 1. The lowest BCUT2D eigenvalue weighted by Gasteiger charge is -2.14. The summed E-state index contributed by atoms with van der Waals surface area (Å²) in [5, 5.41) is 5.66. The predicted molar refractivity (Wildman–Crippen MR) is 116 cm³/mol. The Morgan fingerprint density at radius 1 is 0.871 bits per heavy atom. The van der Waals surface area contributed by atoms with Crippen molar-refractivity contribution in [2.45, 2.75) is 6.54 Å². The molecule has 8 heteroatoms. The zero-order chi connectivity index (χ0) is 22.2. The summed E-state index contributed by atoms with van der Waals surface area (Å²) in [6, 6.07) is 13.8. The molecular weight excluding hydrogens is 398 g/mol. The van der Waals surface area contributed by atoms with Gasteiger partial charge in [0.05, 0.1) is 26.9 Å². The van der Waals surface area contributed by atoms with Crippen molar-refractivity contribution in [3.63, 3.8) is 0 Å². The highest BCUT2D eigenvalue weighted by Crippen LogP contribution is 2.38. The van der Waals surface area contributed by atoms with E-state index in [1.165, 1.54) is 27.5 Å². The number of hydrogen-bond donors (Lipinski definition) is 2. The van der Waals surface area contributed by atoms with Gasteiger partial charge in [0.1, 0.15) is 0 Å². The van der Waals surface area contributed by atoms with Crippen LogP contribution in [-0.4, -0.2) is 38.1 Å². The molecule has 1 aromatic heterocycles. The molecule has 1 heterocycles. The molecule has 160 valence electrons. The van der Waals surface area contributed by atoms with Crippen LogP contribution in [-0.2, 0) is 6.54 Å². The zero-order valence-corrected chi connectivity index (χ0v) is 17.5. The normalized spacial score (nSPS) is 10.2. The Kier molecular flexibility index (Phi) is 7.05. The number of benzene rings is 2. The lowest BCUT2D eigenvalue weighted by molar-refractivity contribution is 0.0949. The molecule has 0 saturated carbocycles. The molecule has 0 aliphatic carbocycles. The molecule has 3 aromatic rings. The highest BCUT2D eigenvalue weighted by Gasteiger charge is 2.17. The van der Waals surface area contributed by atoms with Crippen molar-refractivity contribution in [2.24, 2.45) is 0 Å². The number of methoxy groups -OCH3 is 3. The quantitative estimate of drug-likeness (QED) is 0.579. The van der Waals surface area contributed by atoms with Crippen LogP contribution in [0, 0.1) is 0 Å². The molecule has 3 rings (SSSR count). The predicted octanol–water partition coefficient (Wildman–Crippen LogP) is 3.29.